The van der Waals surface area contributed by atoms with Gasteiger partial charge >= 0.3 is 0 Å². The molecule has 1 rings (SSSR count). The molecule has 0 bridgehead atoms. The van der Waals surface area contributed by atoms with E-state index in [1.807, 2.05) is 12.3 Å². The van der Waals surface area contributed by atoms with Crippen molar-refractivity contribution in [2.24, 2.45) is 10.3 Å². The predicted octanol–water partition coefficient (Wildman–Crippen LogP) is 2.47. The van der Waals surface area contributed by atoms with E-state index in [0.29, 0.717) is 5.92 Å². The van der Waals surface area contributed by atoms with Crippen LogP contribution in [0.3, 0.4) is 0 Å². The molecule has 2 heteroatoms. The molecule has 0 heterocycles. The molecular weight excluding hydrogens is 142 g/mol. The van der Waals surface area contributed by atoms with Gasteiger partial charge in [-0.15, -0.1) is 0 Å². The first-order valence-electron chi connectivity index (χ1n) is 3.30. The molecule has 0 amide bonds. The average Bonchev–Trinajstić information content (AvgIpc) is 1.94. The highest BCUT2D eigenvalue weighted by Crippen LogP contribution is 2.11. The summed E-state index contributed by atoms with van der Waals surface area (Å²) in [6.07, 6.45) is 10.3. The Morgan fingerprint density at radius 3 is 2.90 bits per heavy atom. The highest BCUT2D eigenvalue weighted by Gasteiger charge is 2.04. The first-order valence-corrected chi connectivity index (χ1v) is 4.48. The Bertz CT molecular complexity index is 191. The van der Waals surface area contributed by atoms with E-state index in [2.05, 4.69) is 29.5 Å². The lowest BCUT2D eigenvalue weighted by atomic mass is 10.0. The van der Waals surface area contributed by atoms with Crippen LogP contribution in [0.4, 0.5) is 0 Å². The molecule has 0 saturated heterocycles. The standard InChI is InChI=1S/C8H11NS/c1-7-5-3-4-6-8(7)9-10-2/h3-7H,1-2H3. The van der Waals surface area contributed by atoms with Gasteiger partial charge in [0, 0.05) is 12.2 Å². The van der Waals surface area contributed by atoms with Crippen molar-refractivity contribution in [2.75, 3.05) is 6.26 Å². The minimum atomic E-state index is 0.484. The lowest BCUT2D eigenvalue weighted by molar-refractivity contribution is 1.00. The number of allylic oxidation sites excluding steroid dienone is 4. The molecule has 0 aliphatic heterocycles. The van der Waals surface area contributed by atoms with Gasteiger partial charge < -0.3 is 0 Å². The van der Waals surface area contributed by atoms with Crippen molar-refractivity contribution >= 4 is 17.7 Å². The third-order valence-corrected chi connectivity index (χ3v) is 1.83. The van der Waals surface area contributed by atoms with E-state index in [9.17, 15) is 0 Å². The zero-order valence-corrected chi connectivity index (χ0v) is 7.06. The van der Waals surface area contributed by atoms with Crippen molar-refractivity contribution in [3.05, 3.63) is 24.3 Å². The van der Waals surface area contributed by atoms with Gasteiger partial charge in [-0.2, -0.15) is 0 Å². The third kappa shape index (κ3) is 1.74. The molecule has 10 heavy (non-hydrogen) atoms. The van der Waals surface area contributed by atoms with Gasteiger partial charge in [0.05, 0.1) is 5.71 Å². The second kappa shape index (κ2) is 3.62. The monoisotopic (exact) mass is 153 g/mol. The van der Waals surface area contributed by atoms with Gasteiger partial charge in [-0.3, -0.25) is 0 Å². The zero-order valence-electron chi connectivity index (χ0n) is 6.24. The van der Waals surface area contributed by atoms with Gasteiger partial charge in [0.1, 0.15) is 0 Å². The summed E-state index contributed by atoms with van der Waals surface area (Å²) in [4.78, 5) is 0. The molecule has 0 aromatic rings. The largest absolute Gasteiger partial charge is 0.221 e. The Labute approximate surface area is 66.1 Å². The molecule has 0 radical (unpaired) electrons. The quantitative estimate of drug-likeness (QED) is 0.527. The zero-order chi connectivity index (χ0) is 7.40. The van der Waals surface area contributed by atoms with Crippen LogP contribution < -0.4 is 0 Å². The minimum absolute atomic E-state index is 0.484. The smallest absolute Gasteiger partial charge is 0.0552 e. The van der Waals surface area contributed by atoms with Crippen LogP contribution in [0.15, 0.2) is 28.7 Å². The minimum Gasteiger partial charge on any atom is -0.221 e. The fourth-order valence-electron chi connectivity index (χ4n) is 0.854. The molecule has 0 fully saturated rings. The van der Waals surface area contributed by atoms with Crippen LogP contribution in [0.25, 0.3) is 0 Å². The number of hydrogen-bond acceptors (Lipinski definition) is 2. The van der Waals surface area contributed by atoms with Crippen molar-refractivity contribution in [2.45, 2.75) is 6.92 Å². The second-order valence-corrected chi connectivity index (χ2v) is 2.78. The van der Waals surface area contributed by atoms with Gasteiger partial charge in [-0.25, -0.2) is 4.40 Å². The fraction of sp³-hybridized carbons (Fsp3) is 0.375. The van der Waals surface area contributed by atoms with Crippen LogP contribution in [0.5, 0.6) is 0 Å². The summed E-state index contributed by atoms with van der Waals surface area (Å²) in [5.74, 6) is 0.484. The van der Waals surface area contributed by atoms with Crippen LogP contribution in [-0.2, 0) is 0 Å². The molecular formula is C8H11NS. The molecule has 54 valence electrons. The van der Waals surface area contributed by atoms with Gasteiger partial charge in [0.25, 0.3) is 0 Å². The summed E-state index contributed by atoms with van der Waals surface area (Å²) in [7, 11) is 0. The molecule has 1 aliphatic carbocycles. The summed E-state index contributed by atoms with van der Waals surface area (Å²) in [6.45, 7) is 2.15. The van der Waals surface area contributed by atoms with Crippen LogP contribution >= 0.6 is 11.9 Å². The lowest BCUT2D eigenvalue weighted by Crippen LogP contribution is -2.06. The van der Waals surface area contributed by atoms with Crippen LogP contribution in [0.1, 0.15) is 6.92 Å². The van der Waals surface area contributed by atoms with Gasteiger partial charge in [0.15, 0.2) is 0 Å². The molecule has 0 saturated carbocycles. The first kappa shape index (κ1) is 7.61. The maximum absolute atomic E-state index is 4.26. The summed E-state index contributed by atoms with van der Waals surface area (Å²) in [6, 6.07) is 0. The molecule has 1 nitrogen and oxygen atoms in total. The Hall–Kier alpha value is -0.500. The van der Waals surface area contributed by atoms with Crippen LogP contribution in [0, 0.1) is 5.92 Å². The summed E-state index contributed by atoms with van der Waals surface area (Å²) in [5, 5.41) is 0. The third-order valence-electron chi connectivity index (χ3n) is 1.44. The Morgan fingerprint density at radius 1 is 1.50 bits per heavy atom. The predicted molar refractivity (Wildman–Crippen MR) is 48.4 cm³/mol. The van der Waals surface area contributed by atoms with E-state index in [0.717, 1.165) is 5.71 Å². The van der Waals surface area contributed by atoms with E-state index in [4.69, 9.17) is 0 Å². The highest BCUT2D eigenvalue weighted by atomic mass is 32.2. The van der Waals surface area contributed by atoms with E-state index in [1.165, 1.54) is 11.9 Å². The van der Waals surface area contributed by atoms with Crippen molar-refractivity contribution in [1.82, 2.24) is 0 Å². The molecule has 1 aliphatic rings. The molecule has 0 aromatic carbocycles. The number of rotatable bonds is 1. The summed E-state index contributed by atoms with van der Waals surface area (Å²) in [5.41, 5.74) is 1.16. The van der Waals surface area contributed by atoms with E-state index < -0.39 is 0 Å². The van der Waals surface area contributed by atoms with Gasteiger partial charge in [-0.1, -0.05) is 25.2 Å². The van der Waals surface area contributed by atoms with Gasteiger partial charge in [-0.05, 0) is 18.0 Å². The molecule has 0 N–H and O–H groups in total. The molecule has 0 aromatic heterocycles. The Morgan fingerprint density at radius 2 is 2.30 bits per heavy atom. The highest BCUT2D eigenvalue weighted by molar-refractivity contribution is 7.97. The van der Waals surface area contributed by atoms with E-state index in [-0.39, 0.29) is 0 Å². The van der Waals surface area contributed by atoms with Crippen molar-refractivity contribution < 1.29 is 0 Å². The number of hydrogen-bond donors (Lipinski definition) is 0. The maximum atomic E-state index is 4.26. The van der Waals surface area contributed by atoms with Gasteiger partial charge in [0.2, 0.25) is 0 Å². The first-order chi connectivity index (χ1) is 4.84. The number of nitrogens with zero attached hydrogens (tertiary/aromatic N) is 1. The Kier molecular flexibility index (Phi) is 2.75. The fourth-order valence-corrected chi connectivity index (χ4v) is 1.29. The maximum Gasteiger partial charge on any atom is 0.0552 e. The lowest BCUT2D eigenvalue weighted by Gasteiger charge is -2.07. The van der Waals surface area contributed by atoms with E-state index in [1.54, 1.807) is 0 Å². The van der Waals surface area contributed by atoms with Crippen molar-refractivity contribution in [1.29, 1.82) is 0 Å². The second-order valence-electron chi connectivity index (χ2n) is 2.23. The van der Waals surface area contributed by atoms with Crippen LogP contribution in [0.2, 0.25) is 0 Å². The SMILES string of the molecule is CSN=C1C=CC=CC1C. The van der Waals surface area contributed by atoms with Crippen molar-refractivity contribution in [3.63, 3.8) is 0 Å². The van der Waals surface area contributed by atoms with Crippen molar-refractivity contribution in [3.8, 4) is 0 Å². The summed E-state index contributed by atoms with van der Waals surface area (Å²) >= 11 is 1.51. The average molecular weight is 153 g/mol. The molecule has 1 atom stereocenters. The Balaban J connectivity index is 2.70. The topological polar surface area (TPSA) is 12.4 Å². The van der Waals surface area contributed by atoms with Crippen LogP contribution in [-0.4, -0.2) is 12.0 Å². The van der Waals surface area contributed by atoms with E-state index >= 15 is 0 Å². The summed E-state index contributed by atoms with van der Waals surface area (Å²) < 4.78 is 4.26. The molecule has 1 unspecified atom stereocenters. The normalized spacial score (nSPS) is 27.8. The molecule has 0 spiro atoms.